The molecule has 4 nitrogen and oxygen atoms in total. The van der Waals surface area contributed by atoms with Crippen LogP contribution in [0.2, 0.25) is 0 Å². The molecule has 0 spiro atoms. The molecule has 3 heterocycles. The fourth-order valence-corrected chi connectivity index (χ4v) is 3.00. The van der Waals surface area contributed by atoms with E-state index in [2.05, 4.69) is 45.1 Å². The molecular weight excluding hydrogens is 298 g/mol. The summed E-state index contributed by atoms with van der Waals surface area (Å²) in [5, 5.41) is 4.52. The Balaban J connectivity index is 2.02. The van der Waals surface area contributed by atoms with E-state index in [9.17, 15) is 0 Å². The monoisotopic (exact) mass is 319 g/mol. The van der Waals surface area contributed by atoms with Crippen molar-refractivity contribution in [2.75, 3.05) is 5.32 Å². The number of aryl methyl sites for hydroxylation is 1. The van der Waals surface area contributed by atoms with Gasteiger partial charge in [0.15, 0.2) is 17.1 Å². The molecule has 122 valence electrons. The molecule has 1 aromatic carbocycles. The van der Waals surface area contributed by atoms with Crippen LogP contribution >= 0.6 is 0 Å². The van der Waals surface area contributed by atoms with E-state index >= 15 is 0 Å². The maximum atomic E-state index is 6.25. The molecule has 2 aromatic heterocycles. The van der Waals surface area contributed by atoms with Crippen molar-refractivity contribution < 1.29 is 4.74 Å². The number of nitrogens with one attached hydrogen (secondary N) is 1. The second kappa shape index (κ2) is 5.20. The molecule has 0 saturated heterocycles. The molecule has 0 amide bonds. The van der Waals surface area contributed by atoms with E-state index in [4.69, 9.17) is 14.7 Å². The summed E-state index contributed by atoms with van der Waals surface area (Å²) in [4.78, 5) is 9.59. The van der Waals surface area contributed by atoms with E-state index in [1.54, 1.807) is 0 Å². The molecule has 0 atom stereocenters. The third-order valence-corrected chi connectivity index (χ3v) is 4.29. The molecule has 1 aliphatic heterocycles. The van der Waals surface area contributed by atoms with Gasteiger partial charge in [0.1, 0.15) is 0 Å². The SMILES string of the molecule is CCc1ccc2c3c(c(C(C)(C)C)nc2n1)Oc1ccccc1N3. The first-order valence-electron chi connectivity index (χ1n) is 8.35. The van der Waals surface area contributed by atoms with Crippen LogP contribution in [0, 0.1) is 0 Å². The summed E-state index contributed by atoms with van der Waals surface area (Å²) < 4.78 is 6.25. The Bertz CT molecular complexity index is 942. The van der Waals surface area contributed by atoms with E-state index in [0.29, 0.717) is 0 Å². The molecule has 0 radical (unpaired) electrons. The zero-order valence-electron chi connectivity index (χ0n) is 14.5. The van der Waals surface area contributed by atoms with Gasteiger partial charge in [-0.25, -0.2) is 9.97 Å². The van der Waals surface area contributed by atoms with E-state index < -0.39 is 0 Å². The topological polar surface area (TPSA) is 47.0 Å². The second-order valence-corrected chi connectivity index (χ2v) is 7.17. The van der Waals surface area contributed by atoms with Gasteiger partial charge >= 0.3 is 0 Å². The van der Waals surface area contributed by atoms with Crippen molar-refractivity contribution in [1.82, 2.24) is 9.97 Å². The van der Waals surface area contributed by atoms with Gasteiger partial charge in [-0.3, -0.25) is 0 Å². The lowest BCUT2D eigenvalue weighted by Gasteiger charge is -2.29. The van der Waals surface area contributed by atoms with Crippen LogP contribution in [0.15, 0.2) is 36.4 Å². The Kier molecular flexibility index (Phi) is 3.23. The number of aromatic nitrogens is 2. The minimum atomic E-state index is -0.143. The van der Waals surface area contributed by atoms with Crippen molar-refractivity contribution in [2.24, 2.45) is 0 Å². The lowest BCUT2D eigenvalue weighted by molar-refractivity contribution is 0.447. The molecule has 0 fully saturated rings. The van der Waals surface area contributed by atoms with Crippen molar-refractivity contribution in [3.63, 3.8) is 0 Å². The van der Waals surface area contributed by atoms with Crippen molar-refractivity contribution in [3.05, 3.63) is 47.8 Å². The summed E-state index contributed by atoms with van der Waals surface area (Å²) in [7, 11) is 0. The lowest BCUT2D eigenvalue weighted by Crippen LogP contribution is -2.18. The van der Waals surface area contributed by atoms with Gasteiger partial charge in [-0.15, -0.1) is 0 Å². The van der Waals surface area contributed by atoms with Crippen molar-refractivity contribution >= 4 is 22.4 Å². The number of fused-ring (bicyclic) bond motifs is 4. The molecule has 0 unspecified atom stereocenters. The average Bonchev–Trinajstić information content (AvgIpc) is 2.58. The number of hydrogen-bond acceptors (Lipinski definition) is 4. The predicted octanol–water partition coefficient (Wildman–Crippen LogP) is 5.34. The minimum Gasteiger partial charge on any atom is -0.451 e. The molecule has 1 aliphatic rings. The van der Waals surface area contributed by atoms with Gasteiger partial charge in [0.25, 0.3) is 0 Å². The number of rotatable bonds is 1. The van der Waals surface area contributed by atoms with E-state index in [1.807, 2.05) is 24.3 Å². The number of nitrogens with zero attached hydrogens (tertiary/aromatic N) is 2. The quantitative estimate of drug-likeness (QED) is 0.514. The zero-order chi connectivity index (χ0) is 16.9. The number of anilines is 2. The summed E-state index contributed by atoms with van der Waals surface area (Å²) in [5.41, 5.74) is 4.53. The van der Waals surface area contributed by atoms with Gasteiger partial charge in [-0.2, -0.15) is 0 Å². The highest BCUT2D eigenvalue weighted by molar-refractivity contribution is 5.97. The largest absolute Gasteiger partial charge is 0.451 e. The van der Waals surface area contributed by atoms with Crippen molar-refractivity contribution in [3.8, 4) is 11.5 Å². The minimum absolute atomic E-state index is 0.143. The van der Waals surface area contributed by atoms with Gasteiger partial charge in [0.05, 0.1) is 17.1 Å². The maximum absolute atomic E-state index is 6.25. The first kappa shape index (κ1) is 14.9. The van der Waals surface area contributed by atoms with E-state index in [1.165, 1.54) is 0 Å². The molecule has 0 saturated carbocycles. The number of pyridine rings is 2. The van der Waals surface area contributed by atoms with Crippen LogP contribution in [0.4, 0.5) is 11.4 Å². The highest BCUT2D eigenvalue weighted by Gasteiger charge is 2.29. The Morgan fingerprint density at radius 1 is 1.04 bits per heavy atom. The smallest absolute Gasteiger partial charge is 0.173 e. The first-order valence-corrected chi connectivity index (χ1v) is 8.35. The second-order valence-electron chi connectivity index (χ2n) is 7.17. The lowest BCUT2D eigenvalue weighted by atomic mass is 9.89. The summed E-state index contributed by atoms with van der Waals surface area (Å²) in [6.07, 6.45) is 0.895. The predicted molar refractivity (Wildman–Crippen MR) is 97.4 cm³/mol. The van der Waals surface area contributed by atoms with Gasteiger partial charge in [0.2, 0.25) is 0 Å². The number of para-hydroxylation sites is 2. The third kappa shape index (κ3) is 2.30. The number of benzene rings is 1. The molecule has 3 aromatic rings. The number of ether oxygens (including phenoxy) is 1. The van der Waals surface area contributed by atoms with E-state index in [0.717, 1.165) is 51.7 Å². The molecule has 24 heavy (non-hydrogen) atoms. The van der Waals surface area contributed by atoms with Gasteiger partial charge in [-0.1, -0.05) is 39.8 Å². The van der Waals surface area contributed by atoms with Crippen LogP contribution < -0.4 is 10.1 Å². The summed E-state index contributed by atoms with van der Waals surface area (Å²) >= 11 is 0. The zero-order valence-corrected chi connectivity index (χ0v) is 14.5. The van der Waals surface area contributed by atoms with Crippen LogP contribution in [-0.2, 0) is 11.8 Å². The summed E-state index contributed by atoms with van der Waals surface area (Å²) in [5.74, 6) is 1.63. The fourth-order valence-electron chi connectivity index (χ4n) is 3.00. The summed E-state index contributed by atoms with van der Waals surface area (Å²) in [6.45, 7) is 8.55. The summed E-state index contributed by atoms with van der Waals surface area (Å²) in [6, 6.07) is 12.1. The molecule has 0 bridgehead atoms. The van der Waals surface area contributed by atoms with Gasteiger partial charge in [0, 0.05) is 16.5 Å². The van der Waals surface area contributed by atoms with Crippen LogP contribution in [-0.4, -0.2) is 9.97 Å². The van der Waals surface area contributed by atoms with Crippen LogP contribution in [0.3, 0.4) is 0 Å². The molecule has 0 aliphatic carbocycles. The van der Waals surface area contributed by atoms with E-state index in [-0.39, 0.29) is 5.41 Å². The Labute approximate surface area is 141 Å². The van der Waals surface area contributed by atoms with Gasteiger partial charge < -0.3 is 10.1 Å². The molecule has 4 heteroatoms. The first-order chi connectivity index (χ1) is 11.5. The number of hydrogen-bond donors (Lipinski definition) is 1. The standard InChI is InChI=1S/C20H21N3O/c1-5-12-10-11-13-16-17(18(20(2,3)4)23-19(13)21-12)24-15-9-7-6-8-14(15)22-16/h6-11,22H,5H2,1-4H3. The highest BCUT2D eigenvalue weighted by atomic mass is 16.5. The Morgan fingerprint density at radius 2 is 1.83 bits per heavy atom. The third-order valence-electron chi connectivity index (χ3n) is 4.29. The van der Waals surface area contributed by atoms with Crippen molar-refractivity contribution in [2.45, 2.75) is 39.5 Å². The average molecular weight is 319 g/mol. The highest BCUT2D eigenvalue weighted by Crippen LogP contribution is 2.48. The van der Waals surface area contributed by atoms with Crippen LogP contribution in [0.5, 0.6) is 11.5 Å². The van der Waals surface area contributed by atoms with Crippen LogP contribution in [0.1, 0.15) is 39.1 Å². The fraction of sp³-hybridized carbons (Fsp3) is 0.300. The molecule has 4 rings (SSSR count). The Hall–Kier alpha value is -2.62. The maximum Gasteiger partial charge on any atom is 0.173 e. The molecule has 1 N–H and O–H groups in total. The Morgan fingerprint density at radius 3 is 2.58 bits per heavy atom. The van der Waals surface area contributed by atoms with Gasteiger partial charge in [-0.05, 0) is 30.7 Å². The van der Waals surface area contributed by atoms with Crippen molar-refractivity contribution in [1.29, 1.82) is 0 Å². The van der Waals surface area contributed by atoms with Crippen LogP contribution in [0.25, 0.3) is 11.0 Å². The normalized spacial score (nSPS) is 13.0. The molecular formula is C20H21N3O.